The first-order valence-corrected chi connectivity index (χ1v) is 46.0. The van der Waals surface area contributed by atoms with Crippen LogP contribution in [-0.4, -0.2) is 26.4 Å². The van der Waals surface area contributed by atoms with E-state index in [2.05, 4.69) is 185 Å². The first-order chi connectivity index (χ1) is 54.6. The monoisotopic (exact) mass is 1480 g/mol. The maximum Gasteiger partial charge on any atom is 0.135 e. The van der Waals surface area contributed by atoms with Crippen LogP contribution >= 0.6 is 0 Å². The van der Waals surface area contributed by atoms with Gasteiger partial charge in [0, 0.05) is 34.8 Å². The van der Waals surface area contributed by atoms with Crippen LogP contribution in [0.5, 0.6) is 23.0 Å². The molecule has 0 heterocycles. The maximum absolute atomic E-state index is 6.95. The van der Waals surface area contributed by atoms with Crippen molar-refractivity contribution in [2.24, 2.45) is 0 Å². The van der Waals surface area contributed by atoms with Gasteiger partial charge in [-0.2, -0.15) is 0 Å². The fourth-order valence-electron chi connectivity index (χ4n) is 18.8. The molecule has 0 saturated carbocycles. The van der Waals surface area contributed by atoms with Gasteiger partial charge in [0.05, 0.1) is 37.6 Å². The summed E-state index contributed by atoms with van der Waals surface area (Å²) in [6, 6.07) is 50.3. The molecule has 110 heavy (non-hydrogen) atoms. The molecule has 7 aromatic rings. The van der Waals surface area contributed by atoms with Crippen LogP contribution in [0.25, 0.3) is 0 Å². The van der Waals surface area contributed by atoms with Gasteiger partial charge in [-0.25, -0.2) is 0 Å². The molecule has 13 rings (SSSR count). The lowest BCUT2D eigenvalue weighted by Gasteiger charge is -2.48. The molecule has 4 nitrogen and oxygen atoms in total. The molecule has 0 amide bonds. The van der Waals surface area contributed by atoms with E-state index < -0.39 is 0 Å². The summed E-state index contributed by atoms with van der Waals surface area (Å²) in [5.74, 6) is 19.6. The molecular weight excluding hydrogens is 1340 g/mol. The van der Waals surface area contributed by atoms with Gasteiger partial charge in [0.25, 0.3) is 0 Å². The normalized spacial score (nSPS) is 15.0. The third-order valence-electron chi connectivity index (χ3n) is 24.9. The first kappa shape index (κ1) is 83.8. The molecule has 4 heteroatoms. The Hall–Kier alpha value is -7.14. The molecule has 0 saturated heterocycles. The summed E-state index contributed by atoms with van der Waals surface area (Å²) in [7, 11) is 0. The van der Waals surface area contributed by atoms with Crippen molar-refractivity contribution in [3.63, 3.8) is 0 Å². The van der Waals surface area contributed by atoms with Gasteiger partial charge in [0.15, 0.2) is 0 Å². The molecule has 0 atom stereocenters. The Morgan fingerprint density at radius 1 is 0.209 bits per heavy atom. The van der Waals surface area contributed by atoms with Gasteiger partial charge in [-0.3, -0.25) is 0 Å². The van der Waals surface area contributed by atoms with Crippen molar-refractivity contribution >= 4 is 0 Å². The number of ether oxygens (including phenoxy) is 4. The summed E-state index contributed by atoms with van der Waals surface area (Å²) in [5.41, 5.74) is 20.3. The molecule has 0 unspecified atom stereocenters. The van der Waals surface area contributed by atoms with Gasteiger partial charge in [0.1, 0.15) is 23.0 Å². The van der Waals surface area contributed by atoms with Crippen LogP contribution < -0.4 is 18.9 Å². The third kappa shape index (κ3) is 24.0. The zero-order chi connectivity index (χ0) is 75.8. The minimum absolute atomic E-state index is 0.0540. The fraction of sp³-hybridized carbons (Fsp3) is 0.566. The van der Waals surface area contributed by atoms with Crippen molar-refractivity contribution in [3.05, 3.63) is 222 Å². The molecule has 7 aromatic carbocycles. The first-order valence-electron chi connectivity index (χ1n) is 46.0. The van der Waals surface area contributed by atoms with E-state index in [0.717, 1.165) is 70.9 Å². The van der Waals surface area contributed by atoms with Crippen LogP contribution in [0.4, 0.5) is 0 Å². The molecule has 6 aliphatic rings. The van der Waals surface area contributed by atoms with Crippen LogP contribution in [0.1, 0.15) is 449 Å². The summed E-state index contributed by atoms with van der Waals surface area (Å²) in [5, 5.41) is 0. The van der Waals surface area contributed by atoms with Crippen molar-refractivity contribution < 1.29 is 18.9 Å². The highest BCUT2D eigenvalue weighted by atomic mass is 16.5. The summed E-state index contributed by atoms with van der Waals surface area (Å²) in [6.07, 6.45) is 63.1. The average molecular weight is 1480 g/mol. The Morgan fingerprint density at radius 2 is 0.400 bits per heavy atom. The lowest BCUT2D eigenvalue weighted by atomic mass is 9.53. The van der Waals surface area contributed by atoms with Gasteiger partial charge in [-0.1, -0.05) is 431 Å². The van der Waals surface area contributed by atoms with Gasteiger partial charge in [0.2, 0.25) is 0 Å². The SMILES string of the molecule is CCCCCCCCCCCCCCOc1ccc(OCCCCCCCCCCCCCC)c(C#Cc2c3c(c(C#Cc4cc(OCCCCCCCCCCCCCC)ccc4OCCCCCCCCCCCCCC)c4c2C2c5ccccc5C4c4ccccc42)C2c4ccccc4C3c3ccccc32)c1. The number of benzene rings is 7. The van der Waals surface area contributed by atoms with Crippen LogP contribution in [0.3, 0.4) is 0 Å². The maximum atomic E-state index is 6.95. The third-order valence-corrected chi connectivity index (χ3v) is 24.9. The Labute approximate surface area is 670 Å². The van der Waals surface area contributed by atoms with Crippen molar-refractivity contribution in [1.29, 1.82) is 0 Å². The lowest BCUT2D eigenvalue weighted by Crippen LogP contribution is -2.35. The molecule has 0 aliphatic heterocycles. The molecule has 0 N–H and O–H groups in total. The van der Waals surface area contributed by atoms with E-state index in [1.54, 1.807) is 0 Å². The second-order valence-electron chi connectivity index (χ2n) is 33.4. The van der Waals surface area contributed by atoms with Crippen molar-refractivity contribution in [2.75, 3.05) is 26.4 Å². The van der Waals surface area contributed by atoms with Gasteiger partial charge in [-0.05, 0) is 129 Å². The smallest absolute Gasteiger partial charge is 0.135 e. The van der Waals surface area contributed by atoms with Crippen LogP contribution in [0, 0.1) is 23.7 Å². The minimum atomic E-state index is -0.0540. The molecule has 0 spiro atoms. The average Bonchev–Trinajstić information content (AvgIpc) is 0.667. The highest BCUT2D eigenvalue weighted by Gasteiger charge is 2.50. The summed E-state index contributed by atoms with van der Waals surface area (Å²) < 4.78 is 27.4. The Morgan fingerprint density at radius 3 is 0.609 bits per heavy atom. The van der Waals surface area contributed by atoms with Crippen molar-refractivity contribution in [2.45, 2.75) is 360 Å². The predicted octanol–water partition coefficient (Wildman–Crippen LogP) is 30.8. The molecule has 0 aromatic heterocycles. The van der Waals surface area contributed by atoms with Gasteiger partial charge in [-0.15, -0.1) is 0 Å². The highest BCUT2D eigenvalue weighted by molar-refractivity contribution is 5.83. The summed E-state index contributed by atoms with van der Waals surface area (Å²) >= 11 is 0. The molecule has 590 valence electrons. The van der Waals surface area contributed by atoms with E-state index in [1.165, 1.54) is 349 Å². The standard InChI is InChI=1S/C106H142O4/c1-5-9-13-17-21-25-29-33-37-41-45-57-77-107-85-71-75-97(109-79-59-47-43-39-35-31-27-23-19-15-11-7-3)83(81-85)69-73-95-103-99-87-61-49-53-65-91(87)101(92-66-54-50-62-88(92)99)105(103)96(106-102-93-67-55-51-63-89(93)100(104(95)106)90-64-52-56-68-94(90)102)74-70-84-82-86(108-78-58-46-42-38-34-30-26-22-18-14-10-6-2)72-76-98(84)110-80-60-48-44-40-36-32-28-24-20-16-12-8-4/h49-56,61-68,71-72,75-76,81-82,99-102H,5-48,57-60,77-80H2,1-4H3. The number of hydrogen-bond donors (Lipinski definition) is 0. The van der Waals surface area contributed by atoms with E-state index in [1.807, 2.05) is 0 Å². The second kappa shape index (κ2) is 48.0. The number of unbranched alkanes of at least 4 members (excludes halogenated alkanes) is 44. The molecular formula is C106H142O4. The number of rotatable bonds is 56. The fourth-order valence-corrected chi connectivity index (χ4v) is 18.8. The second-order valence-corrected chi connectivity index (χ2v) is 33.4. The van der Waals surface area contributed by atoms with E-state index in [0.29, 0.717) is 26.4 Å². The molecule has 4 bridgehead atoms. The predicted molar refractivity (Wildman–Crippen MR) is 467 cm³/mol. The Bertz CT molecular complexity index is 3500. The van der Waals surface area contributed by atoms with E-state index >= 15 is 0 Å². The zero-order valence-corrected chi connectivity index (χ0v) is 69.4. The van der Waals surface area contributed by atoms with E-state index in [4.69, 9.17) is 18.9 Å². The van der Waals surface area contributed by atoms with Gasteiger partial charge < -0.3 is 18.9 Å². The Kier molecular flexibility index (Phi) is 36.6. The zero-order valence-electron chi connectivity index (χ0n) is 69.4. The topological polar surface area (TPSA) is 36.9 Å². The molecule has 6 aliphatic carbocycles. The molecule has 0 fully saturated rings. The summed E-state index contributed by atoms with van der Waals surface area (Å²) in [6.45, 7) is 12.0. The molecule has 0 radical (unpaired) electrons. The van der Waals surface area contributed by atoms with Crippen molar-refractivity contribution in [3.8, 4) is 46.7 Å². The van der Waals surface area contributed by atoms with E-state index in [9.17, 15) is 0 Å². The van der Waals surface area contributed by atoms with E-state index in [-0.39, 0.29) is 23.7 Å². The highest BCUT2D eigenvalue weighted by Crippen LogP contribution is 2.64. The quantitative estimate of drug-likeness (QED) is 0.0281. The van der Waals surface area contributed by atoms with Crippen LogP contribution in [0.15, 0.2) is 133 Å². The largest absolute Gasteiger partial charge is 0.494 e. The van der Waals surface area contributed by atoms with Crippen molar-refractivity contribution in [1.82, 2.24) is 0 Å². The Balaban J connectivity index is 0.940. The van der Waals surface area contributed by atoms with Crippen LogP contribution in [0.2, 0.25) is 0 Å². The lowest BCUT2D eigenvalue weighted by molar-refractivity contribution is 0.295. The van der Waals surface area contributed by atoms with Gasteiger partial charge >= 0.3 is 0 Å². The number of hydrogen-bond acceptors (Lipinski definition) is 4. The van der Waals surface area contributed by atoms with Crippen LogP contribution in [-0.2, 0) is 0 Å². The summed E-state index contributed by atoms with van der Waals surface area (Å²) in [4.78, 5) is 0. The minimum Gasteiger partial charge on any atom is -0.494 e.